The topological polar surface area (TPSA) is 48.0 Å². The monoisotopic (exact) mass is 208 g/mol. The van der Waals surface area contributed by atoms with Crippen LogP contribution in [0.25, 0.3) is 0 Å². The standard InChI is InChI=1S/C12H20N2O/c1-8(13)9-6-7-10(12(2,3)4)14(5)11(9)15/h6-8H,13H2,1-5H3. The molecule has 1 aromatic rings. The molecule has 2 N–H and O–H groups in total. The summed E-state index contributed by atoms with van der Waals surface area (Å²) in [7, 11) is 1.80. The van der Waals surface area contributed by atoms with Crippen molar-refractivity contribution in [1.82, 2.24) is 4.57 Å². The molecule has 0 aliphatic carbocycles. The lowest BCUT2D eigenvalue weighted by Gasteiger charge is -2.23. The van der Waals surface area contributed by atoms with Crippen LogP contribution >= 0.6 is 0 Å². The van der Waals surface area contributed by atoms with Crippen molar-refractivity contribution in [2.24, 2.45) is 12.8 Å². The molecule has 1 unspecified atom stereocenters. The van der Waals surface area contributed by atoms with Crippen LogP contribution in [0.4, 0.5) is 0 Å². The highest BCUT2D eigenvalue weighted by atomic mass is 16.1. The SMILES string of the molecule is CC(N)c1ccc(C(C)(C)C)n(C)c1=O. The molecule has 0 aliphatic heterocycles. The van der Waals surface area contributed by atoms with Gasteiger partial charge in [-0.15, -0.1) is 0 Å². The van der Waals surface area contributed by atoms with Gasteiger partial charge in [-0.2, -0.15) is 0 Å². The van der Waals surface area contributed by atoms with Gasteiger partial charge >= 0.3 is 0 Å². The van der Waals surface area contributed by atoms with Crippen LogP contribution in [0.3, 0.4) is 0 Å². The molecule has 3 heteroatoms. The van der Waals surface area contributed by atoms with Gasteiger partial charge in [-0.05, 0) is 13.0 Å². The predicted octanol–water partition coefficient (Wildman–Crippen LogP) is 1.70. The van der Waals surface area contributed by atoms with Gasteiger partial charge in [0.2, 0.25) is 0 Å². The summed E-state index contributed by atoms with van der Waals surface area (Å²) in [6, 6.07) is 3.62. The first kappa shape index (κ1) is 12.0. The summed E-state index contributed by atoms with van der Waals surface area (Å²) < 4.78 is 1.69. The van der Waals surface area contributed by atoms with E-state index in [1.165, 1.54) is 0 Å². The van der Waals surface area contributed by atoms with Crippen LogP contribution in [0.5, 0.6) is 0 Å². The number of pyridine rings is 1. The van der Waals surface area contributed by atoms with Crippen LogP contribution < -0.4 is 11.3 Å². The van der Waals surface area contributed by atoms with Crippen molar-refractivity contribution < 1.29 is 0 Å². The molecule has 0 saturated carbocycles. The second-order valence-electron chi connectivity index (χ2n) is 5.08. The van der Waals surface area contributed by atoms with Gasteiger partial charge < -0.3 is 10.3 Å². The Kier molecular flexibility index (Phi) is 3.05. The average Bonchev–Trinajstić information content (AvgIpc) is 2.06. The van der Waals surface area contributed by atoms with Crippen LogP contribution in [0.2, 0.25) is 0 Å². The molecule has 0 saturated heterocycles. The number of aromatic nitrogens is 1. The third kappa shape index (κ3) is 2.29. The van der Waals surface area contributed by atoms with Crippen molar-refractivity contribution in [3.05, 3.63) is 33.7 Å². The van der Waals surface area contributed by atoms with Gasteiger partial charge in [0, 0.05) is 29.8 Å². The van der Waals surface area contributed by atoms with E-state index in [2.05, 4.69) is 20.8 Å². The van der Waals surface area contributed by atoms with Crippen molar-refractivity contribution >= 4 is 0 Å². The Labute approximate surface area is 90.9 Å². The summed E-state index contributed by atoms with van der Waals surface area (Å²) in [6.45, 7) is 8.10. The molecular formula is C12H20N2O. The van der Waals surface area contributed by atoms with Crippen molar-refractivity contribution in [2.75, 3.05) is 0 Å². The number of nitrogens with zero attached hydrogens (tertiary/aromatic N) is 1. The van der Waals surface area contributed by atoms with Gasteiger partial charge in [0.05, 0.1) is 0 Å². The van der Waals surface area contributed by atoms with E-state index in [-0.39, 0.29) is 17.0 Å². The van der Waals surface area contributed by atoms with E-state index in [1.54, 1.807) is 11.6 Å². The fourth-order valence-electron chi connectivity index (χ4n) is 1.75. The fourth-order valence-corrected chi connectivity index (χ4v) is 1.75. The zero-order chi connectivity index (χ0) is 11.8. The molecule has 0 bridgehead atoms. The molecule has 0 spiro atoms. The summed E-state index contributed by atoms with van der Waals surface area (Å²) >= 11 is 0. The summed E-state index contributed by atoms with van der Waals surface area (Å²) in [5.74, 6) is 0. The van der Waals surface area contributed by atoms with Gasteiger partial charge in [0.15, 0.2) is 0 Å². The van der Waals surface area contributed by atoms with E-state index in [0.717, 1.165) is 5.69 Å². The molecule has 15 heavy (non-hydrogen) atoms. The molecule has 0 aromatic carbocycles. The predicted molar refractivity (Wildman–Crippen MR) is 63.0 cm³/mol. The maximum atomic E-state index is 12.0. The van der Waals surface area contributed by atoms with Crippen molar-refractivity contribution in [1.29, 1.82) is 0 Å². The van der Waals surface area contributed by atoms with Gasteiger partial charge in [-0.3, -0.25) is 4.79 Å². The Morgan fingerprint density at radius 2 is 1.87 bits per heavy atom. The number of hydrogen-bond donors (Lipinski definition) is 1. The Morgan fingerprint density at radius 1 is 1.33 bits per heavy atom. The molecule has 1 rings (SSSR count). The van der Waals surface area contributed by atoms with Crippen LogP contribution in [0.1, 0.15) is 45.0 Å². The number of rotatable bonds is 1. The van der Waals surface area contributed by atoms with Gasteiger partial charge in [0.1, 0.15) is 0 Å². The fraction of sp³-hybridized carbons (Fsp3) is 0.583. The second-order valence-corrected chi connectivity index (χ2v) is 5.08. The van der Waals surface area contributed by atoms with Crippen molar-refractivity contribution in [3.8, 4) is 0 Å². The van der Waals surface area contributed by atoms with Crippen LogP contribution in [-0.4, -0.2) is 4.57 Å². The van der Waals surface area contributed by atoms with E-state index in [0.29, 0.717) is 5.56 Å². The summed E-state index contributed by atoms with van der Waals surface area (Å²) in [4.78, 5) is 12.0. The molecule has 1 aromatic heterocycles. The maximum Gasteiger partial charge on any atom is 0.255 e. The largest absolute Gasteiger partial charge is 0.324 e. The van der Waals surface area contributed by atoms with Crippen LogP contribution in [0.15, 0.2) is 16.9 Å². The minimum atomic E-state index is -0.210. The number of hydrogen-bond acceptors (Lipinski definition) is 2. The Hall–Kier alpha value is -1.09. The Bertz CT molecular complexity index is 411. The van der Waals surface area contributed by atoms with E-state index < -0.39 is 0 Å². The third-order valence-corrected chi connectivity index (χ3v) is 2.59. The normalized spacial score (nSPS) is 14.0. The lowest BCUT2D eigenvalue weighted by atomic mass is 9.90. The first-order chi connectivity index (χ1) is 6.75. The van der Waals surface area contributed by atoms with E-state index >= 15 is 0 Å². The Balaban J connectivity index is 3.42. The molecule has 84 valence electrons. The highest BCUT2D eigenvalue weighted by molar-refractivity contribution is 5.22. The smallest absolute Gasteiger partial charge is 0.255 e. The minimum Gasteiger partial charge on any atom is -0.324 e. The quantitative estimate of drug-likeness (QED) is 0.763. The van der Waals surface area contributed by atoms with Crippen LogP contribution in [0, 0.1) is 0 Å². The van der Waals surface area contributed by atoms with Crippen LogP contribution in [-0.2, 0) is 12.5 Å². The molecule has 0 aliphatic rings. The highest BCUT2D eigenvalue weighted by Gasteiger charge is 2.18. The lowest BCUT2D eigenvalue weighted by Crippen LogP contribution is -2.31. The van der Waals surface area contributed by atoms with Gasteiger partial charge in [-0.1, -0.05) is 26.8 Å². The van der Waals surface area contributed by atoms with E-state index in [1.807, 2.05) is 19.1 Å². The minimum absolute atomic E-state index is 0.0115. The molecule has 0 amide bonds. The number of nitrogens with two attached hydrogens (primary N) is 1. The highest BCUT2D eigenvalue weighted by Crippen LogP contribution is 2.20. The van der Waals surface area contributed by atoms with Gasteiger partial charge in [0.25, 0.3) is 5.56 Å². The van der Waals surface area contributed by atoms with Gasteiger partial charge in [-0.25, -0.2) is 0 Å². The molecular weight excluding hydrogens is 188 g/mol. The molecule has 0 fully saturated rings. The third-order valence-electron chi connectivity index (χ3n) is 2.59. The molecule has 3 nitrogen and oxygen atoms in total. The Morgan fingerprint density at radius 3 is 2.27 bits per heavy atom. The summed E-state index contributed by atoms with van der Waals surface area (Å²) in [5, 5.41) is 0. The average molecular weight is 208 g/mol. The van der Waals surface area contributed by atoms with Crippen molar-refractivity contribution in [2.45, 2.75) is 39.2 Å². The molecule has 1 heterocycles. The first-order valence-electron chi connectivity index (χ1n) is 5.21. The first-order valence-corrected chi connectivity index (χ1v) is 5.21. The zero-order valence-corrected chi connectivity index (χ0v) is 10.2. The zero-order valence-electron chi connectivity index (χ0n) is 10.2. The second kappa shape index (κ2) is 3.81. The molecule has 1 atom stereocenters. The van der Waals surface area contributed by atoms with Crippen molar-refractivity contribution in [3.63, 3.8) is 0 Å². The van der Waals surface area contributed by atoms with E-state index in [4.69, 9.17) is 5.73 Å². The maximum absolute atomic E-state index is 12.0. The van der Waals surface area contributed by atoms with E-state index in [9.17, 15) is 4.79 Å². The lowest BCUT2D eigenvalue weighted by molar-refractivity contribution is 0.527. The molecule has 0 radical (unpaired) electrons. The summed E-state index contributed by atoms with van der Waals surface area (Å²) in [6.07, 6.45) is 0. The summed E-state index contributed by atoms with van der Waals surface area (Å²) in [5.41, 5.74) is 7.41.